The summed E-state index contributed by atoms with van der Waals surface area (Å²) < 4.78 is 12.8. The van der Waals surface area contributed by atoms with Crippen LogP contribution in [0.4, 0.5) is 0 Å². The molecular formula is C20H26O3Si. The molecule has 128 valence electrons. The maximum Gasteiger partial charge on any atom is 0.407 e. The minimum Gasteiger partial charge on any atom is -0.387 e. The van der Waals surface area contributed by atoms with Crippen molar-refractivity contribution < 1.29 is 13.6 Å². The van der Waals surface area contributed by atoms with Crippen LogP contribution in [0, 0.1) is 5.92 Å². The molecule has 2 rings (SSSR count). The molecule has 0 fully saturated rings. The zero-order chi connectivity index (χ0) is 17.6. The number of carbonyl (C=O) groups excluding carboxylic acids is 1. The number of ketones is 1. The summed E-state index contributed by atoms with van der Waals surface area (Å²) in [6.07, 6.45) is -0.510. The van der Waals surface area contributed by atoms with Crippen LogP contribution in [0.3, 0.4) is 0 Å². The monoisotopic (exact) mass is 342 g/mol. The second kappa shape index (κ2) is 8.38. The van der Waals surface area contributed by atoms with Crippen LogP contribution in [0.25, 0.3) is 0 Å². The number of carbonyl (C=O) groups is 1. The van der Waals surface area contributed by atoms with Crippen molar-refractivity contribution in [3.05, 3.63) is 60.7 Å². The Kier molecular flexibility index (Phi) is 6.49. The van der Waals surface area contributed by atoms with Gasteiger partial charge in [0.1, 0.15) is 6.10 Å². The minimum absolute atomic E-state index is 0.00637. The molecule has 2 aromatic carbocycles. The summed E-state index contributed by atoms with van der Waals surface area (Å²) in [5.41, 5.74) is 0. The summed E-state index contributed by atoms with van der Waals surface area (Å²) in [7, 11) is -2.96. The molecule has 0 bridgehead atoms. The third-order valence-corrected chi connectivity index (χ3v) is 7.29. The first-order valence-corrected chi connectivity index (χ1v) is 10.2. The lowest BCUT2D eigenvalue weighted by atomic mass is 10.2. The number of hydrogen-bond donors (Lipinski definition) is 0. The van der Waals surface area contributed by atoms with Crippen LogP contribution in [0.2, 0.25) is 0 Å². The third kappa shape index (κ3) is 4.41. The molecule has 0 aliphatic heterocycles. The zero-order valence-electron chi connectivity index (χ0n) is 14.9. The lowest BCUT2D eigenvalue weighted by molar-refractivity contribution is -0.123. The van der Waals surface area contributed by atoms with E-state index < -0.39 is 14.7 Å². The van der Waals surface area contributed by atoms with E-state index in [0.717, 1.165) is 10.4 Å². The topological polar surface area (TPSA) is 35.5 Å². The molecule has 0 aromatic heterocycles. The van der Waals surface area contributed by atoms with Crippen molar-refractivity contribution in [3.63, 3.8) is 0 Å². The van der Waals surface area contributed by atoms with E-state index in [-0.39, 0.29) is 5.78 Å². The highest BCUT2D eigenvalue weighted by Gasteiger charge is 2.44. The lowest BCUT2D eigenvalue weighted by Crippen LogP contribution is -2.65. The van der Waals surface area contributed by atoms with Crippen molar-refractivity contribution in [1.82, 2.24) is 0 Å². The standard InChI is InChI=1S/C20H26O3Si/c1-16(2)15-22-24(23-18(4)17(3)21,19-11-7-5-8-12-19)20-13-9-6-10-14-20/h5-14,16,18H,15H2,1-4H3. The highest BCUT2D eigenvalue weighted by molar-refractivity contribution is 6.92. The fraction of sp³-hybridized carbons (Fsp3) is 0.350. The van der Waals surface area contributed by atoms with Gasteiger partial charge in [0, 0.05) is 6.61 Å². The SMILES string of the molecule is CC(=O)C(C)O[Si](OCC(C)C)(c1ccccc1)c1ccccc1. The smallest absolute Gasteiger partial charge is 0.387 e. The van der Waals surface area contributed by atoms with Crippen molar-refractivity contribution in [1.29, 1.82) is 0 Å². The molecule has 24 heavy (non-hydrogen) atoms. The first-order chi connectivity index (χ1) is 11.5. The maximum atomic E-state index is 11.9. The highest BCUT2D eigenvalue weighted by Crippen LogP contribution is 2.15. The van der Waals surface area contributed by atoms with Gasteiger partial charge in [0.05, 0.1) is 0 Å². The van der Waals surface area contributed by atoms with Gasteiger partial charge in [0.25, 0.3) is 0 Å². The highest BCUT2D eigenvalue weighted by atomic mass is 28.4. The van der Waals surface area contributed by atoms with Crippen molar-refractivity contribution in [3.8, 4) is 0 Å². The quantitative estimate of drug-likeness (QED) is 0.692. The van der Waals surface area contributed by atoms with E-state index in [2.05, 4.69) is 13.8 Å². The Morgan fingerprint density at radius 1 is 0.917 bits per heavy atom. The summed E-state index contributed by atoms with van der Waals surface area (Å²) >= 11 is 0. The third-order valence-electron chi connectivity index (χ3n) is 3.84. The summed E-state index contributed by atoms with van der Waals surface area (Å²) in [6, 6.07) is 20.0. The van der Waals surface area contributed by atoms with Crippen LogP contribution < -0.4 is 10.4 Å². The molecule has 0 N–H and O–H groups in total. The summed E-state index contributed by atoms with van der Waals surface area (Å²) in [6.45, 7) is 8.17. The van der Waals surface area contributed by atoms with Crippen LogP contribution in [0.1, 0.15) is 27.7 Å². The average Bonchev–Trinajstić information content (AvgIpc) is 2.59. The first-order valence-electron chi connectivity index (χ1n) is 8.39. The van der Waals surface area contributed by atoms with Gasteiger partial charge in [-0.3, -0.25) is 4.79 Å². The van der Waals surface area contributed by atoms with Crippen molar-refractivity contribution in [2.24, 2.45) is 5.92 Å². The molecule has 0 radical (unpaired) electrons. The second-order valence-corrected chi connectivity index (χ2v) is 9.34. The van der Waals surface area contributed by atoms with Crippen LogP contribution in [-0.2, 0) is 13.6 Å². The Morgan fingerprint density at radius 2 is 1.38 bits per heavy atom. The zero-order valence-corrected chi connectivity index (χ0v) is 15.9. The van der Waals surface area contributed by atoms with Gasteiger partial charge in [-0.25, -0.2) is 0 Å². The molecule has 0 heterocycles. The van der Waals surface area contributed by atoms with Crippen LogP contribution in [0.15, 0.2) is 60.7 Å². The first kappa shape index (κ1) is 18.6. The number of hydrogen-bond acceptors (Lipinski definition) is 3. The Hall–Kier alpha value is -1.75. The Morgan fingerprint density at radius 3 is 1.75 bits per heavy atom. The predicted octanol–water partition coefficient (Wildman–Crippen LogP) is 2.91. The van der Waals surface area contributed by atoms with Crippen molar-refractivity contribution in [2.75, 3.05) is 6.61 Å². The number of Topliss-reactive ketones (excluding diaryl/α,β-unsaturated/α-hetero) is 1. The van der Waals surface area contributed by atoms with Crippen LogP contribution >= 0.6 is 0 Å². The summed E-state index contributed by atoms with van der Waals surface area (Å²) in [5, 5.41) is 2.04. The average molecular weight is 343 g/mol. The molecule has 0 saturated carbocycles. The van der Waals surface area contributed by atoms with Gasteiger partial charge in [-0.15, -0.1) is 0 Å². The van der Waals surface area contributed by atoms with Gasteiger partial charge in [0.15, 0.2) is 5.78 Å². The minimum atomic E-state index is -2.96. The van der Waals surface area contributed by atoms with Gasteiger partial charge in [-0.2, -0.15) is 0 Å². The van der Waals surface area contributed by atoms with Crippen molar-refractivity contribution in [2.45, 2.75) is 33.8 Å². The molecule has 1 atom stereocenters. The van der Waals surface area contributed by atoms with Crippen LogP contribution in [-0.4, -0.2) is 27.1 Å². The number of benzene rings is 2. The summed E-state index contributed by atoms with van der Waals surface area (Å²) in [4.78, 5) is 11.9. The Balaban J connectivity index is 2.56. The molecular weight excluding hydrogens is 316 g/mol. The normalized spacial score (nSPS) is 13.0. The molecule has 0 saturated heterocycles. The van der Waals surface area contributed by atoms with Crippen LogP contribution in [0.5, 0.6) is 0 Å². The molecule has 0 spiro atoms. The van der Waals surface area contributed by atoms with E-state index in [4.69, 9.17) is 8.85 Å². The van der Waals surface area contributed by atoms with Gasteiger partial charge >= 0.3 is 8.56 Å². The van der Waals surface area contributed by atoms with E-state index >= 15 is 0 Å². The molecule has 0 amide bonds. The molecule has 1 unspecified atom stereocenters. The van der Waals surface area contributed by atoms with Crippen molar-refractivity contribution >= 4 is 24.7 Å². The van der Waals surface area contributed by atoms with Gasteiger partial charge in [-0.1, -0.05) is 74.5 Å². The molecule has 0 aliphatic rings. The fourth-order valence-electron chi connectivity index (χ4n) is 2.43. The maximum absolute atomic E-state index is 11.9. The van der Waals surface area contributed by atoms with E-state index in [1.807, 2.05) is 60.7 Å². The van der Waals surface area contributed by atoms with Gasteiger partial charge in [0.2, 0.25) is 0 Å². The van der Waals surface area contributed by atoms with Gasteiger partial charge < -0.3 is 8.85 Å². The van der Waals surface area contributed by atoms with E-state index in [1.54, 1.807) is 13.8 Å². The molecule has 3 nitrogen and oxygen atoms in total. The Bertz CT molecular complexity index is 601. The lowest BCUT2D eigenvalue weighted by Gasteiger charge is -2.34. The van der Waals surface area contributed by atoms with E-state index in [1.165, 1.54) is 0 Å². The Labute approximate surface area is 145 Å². The number of rotatable bonds is 8. The van der Waals surface area contributed by atoms with E-state index in [0.29, 0.717) is 12.5 Å². The predicted molar refractivity (Wildman–Crippen MR) is 99.9 cm³/mol. The molecule has 0 aliphatic carbocycles. The summed E-state index contributed by atoms with van der Waals surface area (Å²) in [5.74, 6) is 0.382. The molecule has 4 heteroatoms. The fourth-order valence-corrected chi connectivity index (χ4v) is 5.94. The molecule has 2 aromatic rings. The largest absolute Gasteiger partial charge is 0.407 e. The van der Waals surface area contributed by atoms with Gasteiger partial charge in [-0.05, 0) is 30.1 Å². The second-order valence-electron chi connectivity index (χ2n) is 6.42. The van der Waals surface area contributed by atoms with E-state index in [9.17, 15) is 4.79 Å².